The molecule has 38 valence electrons. The second-order valence-electron chi connectivity index (χ2n) is 0. The first-order valence-electron chi connectivity index (χ1n) is 0. The monoisotopic (exact) mass is 366 g/mol. The quantitative estimate of drug-likeness (QED) is 0.552. The Hall–Kier alpha value is 2.23. The van der Waals surface area contributed by atoms with Crippen LogP contribution in [0.2, 0.25) is 0 Å². The van der Waals surface area contributed by atoms with E-state index in [-0.39, 0.29) is 79.4 Å². The van der Waals surface area contributed by atoms with Crippen LogP contribution in [-0.4, -0.2) is 0 Å². The molecule has 0 atom stereocenters. The van der Waals surface area contributed by atoms with E-state index >= 15 is 0 Å². The van der Waals surface area contributed by atoms with Crippen molar-refractivity contribution in [2.24, 2.45) is 0 Å². The van der Waals surface area contributed by atoms with Crippen molar-refractivity contribution in [2.75, 3.05) is 0 Å². The molecular formula is CH4CrFeNiW. The van der Waals surface area contributed by atoms with Crippen molar-refractivity contribution in [3.8, 4) is 0 Å². The van der Waals surface area contributed by atoms with E-state index in [0.717, 1.165) is 0 Å². The predicted octanol–water partition coefficient (Wildman–Crippen LogP) is 0.626. The molecular weight excluding hydrogens is 362 g/mol. The van der Waals surface area contributed by atoms with Gasteiger partial charge in [-0.25, -0.2) is 0 Å². The Morgan fingerprint density at radius 2 is 1.00 bits per heavy atom. The zero-order valence-electron chi connectivity index (χ0n) is 1.49. The van der Waals surface area contributed by atoms with Crippen LogP contribution in [0.25, 0.3) is 0 Å². The summed E-state index contributed by atoms with van der Waals surface area (Å²) in [6.07, 6.45) is 0. The minimum Gasteiger partial charge on any atom is -0.0776 e. The third kappa shape index (κ3) is 22.4. The number of hydrogen-bond acceptors (Lipinski definition) is 0. The Morgan fingerprint density at radius 3 is 1.00 bits per heavy atom. The van der Waals surface area contributed by atoms with Gasteiger partial charge in [-0.15, -0.1) is 0 Å². The molecule has 5 heavy (non-hydrogen) atoms. The fourth-order valence-electron chi connectivity index (χ4n) is 0. The average molecular weight is 366 g/mol. The van der Waals surface area contributed by atoms with Crippen LogP contribution < -0.4 is 0 Å². The summed E-state index contributed by atoms with van der Waals surface area (Å²) in [6.45, 7) is 0. The molecule has 0 aliphatic rings. The number of hydrogen-bond donors (Lipinski definition) is 0. The Morgan fingerprint density at radius 1 is 1.00 bits per heavy atom. The van der Waals surface area contributed by atoms with Crippen molar-refractivity contribution in [1.29, 1.82) is 0 Å². The van der Waals surface area contributed by atoms with Gasteiger partial charge in [0.15, 0.2) is 0 Å². The third-order valence-corrected chi connectivity index (χ3v) is 0. The van der Waals surface area contributed by atoms with Crippen LogP contribution in [0.3, 0.4) is 0 Å². The summed E-state index contributed by atoms with van der Waals surface area (Å²) < 4.78 is 0. The molecule has 0 saturated heterocycles. The van der Waals surface area contributed by atoms with Gasteiger partial charge in [0.25, 0.3) is 0 Å². The van der Waals surface area contributed by atoms with Crippen LogP contribution in [-0.2, 0) is 72.0 Å². The fraction of sp³-hybridized carbons (Fsp3) is 1.00. The molecule has 0 aliphatic carbocycles. The minimum atomic E-state index is 0. The van der Waals surface area contributed by atoms with Gasteiger partial charge >= 0.3 is 0 Å². The maximum absolute atomic E-state index is 0. The van der Waals surface area contributed by atoms with E-state index in [9.17, 15) is 0 Å². The van der Waals surface area contributed by atoms with E-state index in [1.54, 1.807) is 0 Å². The summed E-state index contributed by atoms with van der Waals surface area (Å²) in [5.74, 6) is 0. The van der Waals surface area contributed by atoms with Crippen molar-refractivity contribution >= 4 is 0 Å². The minimum absolute atomic E-state index is 0. The molecule has 0 unspecified atom stereocenters. The Balaban J connectivity index is 0. The van der Waals surface area contributed by atoms with Gasteiger partial charge in [0.05, 0.1) is 0 Å². The van der Waals surface area contributed by atoms with E-state index in [0.29, 0.717) is 0 Å². The van der Waals surface area contributed by atoms with Crippen LogP contribution in [0.5, 0.6) is 0 Å². The van der Waals surface area contributed by atoms with E-state index in [1.165, 1.54) is 0 Å². The average Bonchev–Trinajstić information content (AvgIpc) is 0. The van der Waals surface area contributed by atoms with Gasteiger partial charge in [-0.05, 0) is 0 Å². The molecule has 0 nitrogen and oxygen atoms in total. The van der Waals surface area contributed by atoms with Crippen molar-refractivity contribution in [2.45, 2.75) is 7.43 Å². The Labute approximate surface area is 78.6 Å². The van der Waals surface area contributed by atoms with E-state index in [4.69, 9.17) is 0 Å². The van der Waals surface area contributed by atoms with Crippen molar-refractivity contribution in [1.82, 2.24) is 0 Å². The molecule has 0 rings (SSSR count). The molecule has 0 fully saturated rings. The summed E-state index contributed by atoms with van der Waals surface area (Å²) in [5.41, 5.74) is 0. The van der Waals surface area contributed by atoms with Gasteiger partial charge in [0.2, 0.25) is 0 Å². The Bertz CT molecular complexity index is 11.6. The fourth-order valence-corrected chi connectivity index (χ4v) is 0. The van der Waals surface area contributed by atoms with Gasteiger partial charge in [-0.2, -0.15) is 0 Å². The molecule has 0 N–H and O–H groups in total. The zero-order chi connectivity index (χ0) is 0. The van der Waals surface area contributed by atoms with Gasteiger partial charge in [-0.3, -0.25) is 0 Å². The van der Waals surface area contributed by atoms with E-state index in [2.05, 4.69) is 0 Å². The van der Waals surface area contributed by atoms with Gasteiger partial charge in [0, 0.05) is 72.0 Å². The smallest absolute Gasteiger partial charge is 0 e. The largest absolute Gasteiger partial charge is 0.0776 e. The first kappa shape index (κ1) is 56.3. The molecule has 0 aromatic carbocycles. The third-order valence-electron chi connectivity index (χ3n) is 0. The molecule has 0 aromatic rings. The summed E-state index contributed by atoms with van der Waals surface area (Å²) in [7, 11) is 0. The van der Waals surface area contributed by atoms with Crippen LogP contribution in [0.1, 0.15) is 7.43 Å². The summed E-state index contributed by atoms with van der Waals surface area (Å²) >= 11 is 0. The van der Waals surface area contributed by atoms with E-state index in [1.807, 2.05) is 0 Å². The SMILES string of the molecule is C.[Cr].[Fe].[Ni].[W]. The van der Waals surface area contributed by atoms with Crippen LogP contribution in [0, 0.1) is 0 Å². The number of rotatable bonds is 0. The standard InChI is InChI=1S/CH4.Cr.Fe.Ni.W/h1H4;;;;. The molecule has 0 bridgehead atoms. The molecule has 0 heterocycles. The normalized spacial score (nSPS) is 0. The zero-order valence-corrected chi connectivity index (χ0v) is 7.79. The second kappa shape index (κ2) is 34.2. The van der Waals surface area contributed by atoms with Gasteiger partial charge in [-0.1, -0.05) is 7.43 Å². The van der Waals surface area contributed by atoms with Gasteiger partial charge < -0.3 is 0 Å². The van der Waals surface area contributed by atoms with Crippen LogP contribution >= 0.6 is 0 Å². The molecule has 0 radical (unpaired) electrons. The second-order valence-corrected chi connectivity index (χ2v) is 0. The topological polar surface area (TPSA) is 0 Å². The van der Waals surface area contributed by atoms with Gasteiger partial charge in [0.1, 0.15) is 0 Å². The maximum atomic E-state index is 0. The summed E-state index contributed by atoms with van der Waals surface area (Å²) in [5, 5.41) is 0. The molecule has 0 spiro atoms. The maximum Gasteiger partial charge on any atom is 0 e. The first-order valence-corrected chi connectivity index (χ1v) is 0. The van der Waals surface area contributed by atoms with Crippen LogP contribution in [0.4, 0.5) is 0 Å². The molecule has 0 aromatic heterocycles. The molecule has 4 heteroatoms. The molecule has 0 amide bonds. The summed E-state index contributed by atoms with van der Waals surface area (Å²) in [6, 6.07) is 0. The van der Waals surface area contributed by atoms with E-state index < -0.39 is 0 Å². The van der Waals surface area contributed by atoms with Crippen molar-refractivity contribution in [3.05, 3.63) is 0 Å². The van der Waals surface area contributed by atoms with Crippen molar-refractivity contribution in [3.63, 3.8) is 0 Å². The molecule has 0 saturated carbocycles. The predicted molar refractivity (Wildman–Crippen MR) is 6.73 cm³/mol. The van der Waals surface area contributed by atoms with Crippen molar-refractivity contribution < 1.29 is 72.0 Å². The molecule has 0 aliphatic heterocycles. The van der Waals surface area contributed by atoms with Crippen LogP contribution in [0.15, 0.2) is 0 Å². The Kier molecular flexibility index (Phi) is 386. The first-order chi connectivity index (χ1) is 0. The summed E-state index contributed by atoms with van der Waals surface area (Å²) in [4.78, 5) is 0.